The Morgan fingerprint density at radius 2 is 1.50 bits per heavy atom. The molecule has 80 valence electrons. The second kappa shape index (κ2) is 6.84. The monoisotopic (exact) mass is 202 g/mol. The normalized spacial score (nSPS) is 9.21. The molecule has 14 heavy (non-hydrogen) atoms. The summed E-state index contributed by atoms with van der Waals surface area (Å²) in [5, 5.41) is 7.20. The third kappa shape index (κ3) is 7.04. The topological polar surface area (TPSA) is 113 Å². The fraction of sp³-hybridized carbons (Fsp3) is 0.571. The van der Waals surface area contributed by atoms with E-state index in [1.807, 2.05) is 0 Å². The zero-order chi connectivity index (χ0) is 11.0. The smallest absolute Gasteiger partial charge is 0.239 e. The lowest BCUT2D eigenvalue weighted by Gasteiger charge is -2.04. The van der Waals surface area contributed by atoms with Crippen LogP contribution in [0.3, 0.4) is 0 Å². The quantitative estimate of drug-likeness (QED) is 0.366. The van der Waals surface area contributed by atoms with E-state index in [0.717, 1.165) is 0 Å². The van der Waals surface area contributed by atoms with Crippen molar-refractivity contribution < 1.29 is 14.4 Å². The van der Waals surface area contributed by atoms with Crippen LogP contribution < -0.4 is 21.7 Å². The molecule has 0 saturated carbocycles. The molecule has 0 atom stereocenters. The maximum absolute atomic E-state index is 10.9. The molecule has 0 aromatic carbocycles. The molecule has 0 saturated heterocycles. The summed E-state index contributed by atoms with van der Waals surface area (Å²) in [4.78, 5) is 32.0. The maximum Gasteiger partial charge on any atom is 0.239 e. The van der Waals surface area contributed by atoms with Crippen molar-refractivity contribution in [3.63, 3.8) is 0 Å². The molecule has 7 heteroatoms. The third-order valence-electron chi connectivity index (χ3n) is 1.24. The summed E-state index contributed by atoms with van der Waals surface area (Å²) in [7, 11) is 1.62. The Balaban J connectivity index is 3.53. The highest BCUT2D eigenvalue weighted by atomic mass is 16.2. The van der Waals surface area contributed by atoms with Gasteiger partial charge < -0.3 is 21.7 Å². The largest absolute Gasteiger partial charge is 0.368 e. The van der Waals surface area contributed by atoms with E-state index in [1.54, 1.807) is 7.05 Å². The molecule has 0 bridgehead atoms. The van der Waals surface area contributed by atoms with Crippen molar-refractivity contribution in [2.75, 3.05) is 26.7 Å². The summed E-state index contributed by atoms with van der Waals surface area (Å²) in [5.74, 6) is -1.37. The SMILES string of the molecule is CNCC(=O)NCC(=O)NCC(N)=O. The van der Waals surface area contributed by atoms with Crippen LogP contribution in [-0.4, -0.2) is 44.4 Å². The van der Waals surface area contributed by atoms with Crippen molar-refractivity contribution in [1.82, 2.24) is 16.0 Å². The van der Waals surface area contributed by atoms with Gasteiger partial charge >= 0.3 is 0 Å². The minimum absolute atomic E-state index is 0.142. The van der Waals surface area contributed by atoms with E-state index in [9.17, 15) is 14.4 Å². The van der Waals surface area contributed by atoms with Gasteiger partial charge in [0.05, 0.1) is 19.6 Å². The van der Waals surface area contributed by atoms with E-state index >= 15 is 0 Å². The Morgan fingerprint density at radius 1 is 1.00 bits per heavy atom. The molecule has 5 N–H and O–H groups in total. The number of hydrogen-bond donors (Lipinski definition) is 4. The second-order valence-corrected chi connectivity index (χ2v) is 2.55. The van der Waals surface area contributed by atoms with Crippen LogP contribution in [0.5, 0.6) is 0 Å². The minimum atomic E-state index is -0.625. The van der Waals surface area contributed by atoms with Crippen molar-refractivity contribution in [2.24, 2.45) is 5.73 Å². The Morgan fingerprint density at radius 3 is 2.00 bits per heavy atom. The lowest BCUT2D eigenvalue weighted by Crippen LogP contribution is -2.42. The lowest BCUT2D eigenvalue weighted by molar-refractivity contribution is -0.126. The van der Waals surface area contributed by atoms with Gasteiger partial charge in [-0.2, -0.15) is 0 Å². The fourth-order valence-corrected chi connectivity index (χ4v) is 0.650. The van der Waals surface area contributed by atoms with Gasteiger partial charge in [-0.1, -0.05) is 0 Å². The molecular weight excluding hydrogens is 188 g/mol. The van der Waals surface area contributed by atoms with Crippen molar-refractivity contribution in [2.45, 2.75) is 0 Å². The van der Waals surface area contributed by atoms with Crippen molar-refractivity contribution in [3.8, 4) is 0 Å². The van der Waals surface area contributed by atoms with Crippen LogP contribution in [0, 0.1) is 0 Å². The Kier molecular flexibility index (Phi) is 6.04. The van der Waals surface area contributed by atoms with Crippen LogP contribution in [0.1, 0.15) is 0 Å². The third-order valence-corrected chi connectivity index (χ3v) is 1.24. The first-order valence-corrected chi connectivity index (χ1v) is 4.02. The molecule has 0 aliphatic heterocycles. The highest BCUT2D eigenvalue weighted by Crippen LogP contribution is 1.66. The summed E-state index contributed by atoms with van der Waals surface area (Å²) < 4.78 is 0. The van der Waals surface area contributed by atoms with Crippen molar-refractivity contribution >= 4 is 17.7 Å². The van der Waals surface area contributed by atoms with E-state index in [1.165, 1.54) is 0 Å². The van der Waals surface area contributed by atoms with Gasteiger partial charge in [-0.3, -0.25) is 14.4 Å². The average molecular weight is 202 g/mol. The number of primary amides is 1. The Bertz CT molecular complexity index is 229. The highest BCUT2D eigenvalue weighted by Gasteiger charge is 2.04. The molecule has 0 radical (unpaired) electrons. The molecule has 0 spiro atoms. The molecule has 0 rings (SSSR count). The summed E-state index contributed by atoms with van der Waals surface area (Å²) in [5.41, 5.74) is 4.79. The van der Waals surface area contributed by atoms with Gasteiger partial charge in [0.2, 0.25) is 17.7 Å². The molecule has 3 amide bonds. The van der Waals surface area contributed by atoms with Crippen LogP contribution >= 0.6 is 0 Å². The molecule has 0 heterocycles. The molecular formula is C7H14N4O3. The van der Waals surface area contributed by atoms with Gasteiger partial charge in [-0.15, -0.1) is 0 Å². The van der Waals surface area contributed by atoms with Crippen LogP contribution in [0.4, 0.5) is 0 Å². The molecule has 0 aliphatic rings. The second-order valence-electron chi connectivity index (χ2n) is 2.55. The first kappa shape index (κ1) is 12.4. The van der Waals surface area contributed by atoms with Gasteiger partial charge in [0.25, 0.3) is 0 Å². The summed E-state index contributed by atoms with van der Waals surface area (Å²) in [6.45, 7) is -0.238. The molecule has 0 unspecified atom stereocenters. The average Bonchev–Trinajstić information content (AvgIpc) is 2.12. The van der Waals surface area contributed by atoms with E-state index < -0.39 is 11.8 Å². The Labute approximate surface area is 81.4 Å². The fourth-order valence-electron chi connectivity index (χ4n) is 0.650. The first-order valence-electron chi connectivity index (χ1n) is 4.02. The first-order chi connectivity index (χ1) is 6.56. The number of hydrogen-bond acceptors (Lipinski definition) is 4. The number of carbonyl (C=O) groups is 3. The van der Waals surface area contributed by atoms with Crippen LogP contribution in [0.25, 0.3) is 0 Å². The molecule has 0 aromatic heterocycles. The lowest BCUT2D eigenvalue weighted by atomic mass is 10.5. The van der Waals surface area contributed by atoms with Crippen molar-refractivity contribution in [3.05, 3.63) is 0 Å². The highest BCUT2D eigenvalue weighted by molar-refractivity contribution is 5.88. The predicted molar refractivity (Wildman–Crippen MR) is 49.1 cm³/mol. The summed E-state index contributed by atoms with van der Waals surface area (Å²) in [6, 6.07) is 0. The van der Waals surface area contributed by atoms with Gasteiger partial charge in [-0.25, -0.2) is 0 Å². The van der Waals surface area contributed by atoms with Crippen LogP contribution in [0.2, 0.25) is 0 Å². The molecule has 7 nitrogen and oxygen atoms in total. The molecule has 0 aliphatic carbocycles. The number of rotatable bonds is 6. The minimum Gasteiger partial charge on any atom is -0.368 e. The predicted octanol–water partition coefficient (Wildman–Crippen LogP) is -3.08. The van der Waals surface area contributed by atoms with E-state index in [-0.39, 0.29) is 25.5 Å². The van der Waals surface area contributed by atoms with Gasteiger partial charge in [0.15, 0.2) is 0 Å². The van der Waals surface area contributed by atoms with E-state index in [0.29, 0.717) is 0 Å². The maximum atomic E-state index is 10.9. The molecule has 0 aromatic rings. The Hall–Kier alpha value is -1.63. The number of nitrogens with one attached hydrogen (secondary N) is 3. The van der Waals surface area contributed by atoms with Gasteiger partial charge in [0, 0.05) is 0 Å². The van der Waals surface area contributed by atoms with E-state index in [2.05, 4.69) is 16.0 Å². The zero-order valence-corrected chi connectivity index (χ0v) is 7.92. The summed E-state index contributed by atoms with van der Waals surface area (Å²) in [6.07, 6.45) is 0. The number of nitrogens with two attached hydrogens (primary N) is 1. The number of amides is 3. The number of likely N-dealkylation sites (N-methyl/N-ethyl adjacent to an activating group) is 1. The van der Waals surface area contributed by atoms with Gasteiger partial charge in [0.1, 0.15) is 0 Å². The van der Waals surface area contributed by atoms with Crippen LogP contribution in [-0.2, 0) is 14.4 Å². The zero-order valence-electron chi connectivity index (χ0n) is 7.92. The van der Waals surface area contributed by atoms with Crippen LogP contribution in [0.15, 0.2) is 0 Å². The summed E-state index contributed by atoms with van der Waals surface area (Å²) >= 11 is 0. The number of carbonyl (C=O) groups excluding carboxylic acids is 3. The van der Waals surface area contributed by atoms with Crippen molar-refractivity contribution in [1.29, 1.82) is 0 Å². The van der Waals surface area contributed by atoms with E-state index in [4.69, 9.17) is 5.73 Å². The molecule has 0 fully saturated rings. The van der Waals surface area contributed by atoms with Gasteiger partial charge in [-0.05, 0) is 7.05 Å². The standard InChI is InChI=1S/C7H14N4O3/c1-9-3-6(13)11-4-7(14)10-2-5(8)12/h9H,2-4H2,1H3,(H2,8,12)(H,10,14)(H,11,13).